The van der Waals surface area contributed by atoms with Gasteiger partial charge in [0.15, 0.2) is 4.34 Å². The first-order chi connectivity index (χ1) is 8.60. The van der Waals surface area contributed by atoms with Gasteiger partial charge in [-0.15, -0.1) is 11.3 Å². The van der Waals surface area contributed by atoms with E-state index in [9.17, 15) is 4.79 Å². The predicted molar refractivity (Wildman–Crippen MR) is 73.7 cm³/mol. The Bertz CT molecular complexity index is 567. The lowest BCUT2D eigenvalue weighted by Gasteiger charge is -2.00. The Balaban J connectivity index is 2.24. The molecule has 0 amide bonds. The largest absolute Gasteiger partial charge is 0.494 e. The molecule has 6 heteroatoms. The Kier molecular flexibility index (Phi) is 4.08. The van der Waals surface area contributed by atoms with Crippen molar-refractivity contribution in [2.75, 3.05) is 6.61 Å². The molecule has 1 N–H and O–H groups in total. The fourth-order valence-electron chi connectivity index (χ4n) is 1.39. The number of nitrogens with zero attached hydrogens (tertiary/aromatic N) is 1. The molecule has 0 bridgehead atoms. The van der Waals surface area contributed by atoms with Crippen molar-refractivity contribution in [3.05, 3.63) is 18.2 Å². The van der Waals surface area contributed by atoms with Crippen molar-refractivity contribution < 1.29 is 14.6 Å². The molecule has 1 heterocycles. The number of carboxylic acids is 1. The lowest BCUT2D eigenvalue weighted by molar-refractivity contribution is -0.136. The van der Waals surface area contributed by atoms with Crippen molar-refractivity contribution in [3.8, 4) is 5.75 Å². The lowest BCUT2D eigenvalue weighted by Crippen LogP contribution is -2.10. The zero-order valence-corrected chi connectivity index (χ0v) is 11.7. The molecule has 18 heavy (non-hydrogen) atoms. The fraction of sp³-hybridized carbons (Fsp3) is 0.333. The summed E-state index contributed by atoms with van der Waals surface area (Å²) in [6, 6.07) is 5.71. The highest BCUT2D eigenvalue weighted by molar-refractivity contribution is 8.02. The standard InChI is InChI=1S/C12H13NO3S2/c1-3-16-8-4-5-9-10(6-8)18-12(13-9)17-7(2)11(14)15/h4-7H,3H2,1-2H3,(H,14,15)/t7-/m0/s1. The molecule has 0 spiro atoms. The summed E-state index contributed by atoms with van der Waals surface area (Å²) in [5.74, 6) is -0.00857. The van der Waals surface area contributed by atoms with Crippen molar-refractivity contribution in [2.24, 2.45) is 0 Å². The minimum Gasteiger partial charge on any atom is -0.494 e. The van der Waals surface area contributed by atoms with Crippen LogP contribution >= 0.6 is 23.1 Å². The monoisotopic (exact) mass is 283 g/mol. The first-order valence-corrected chi connectivity index (χ1v) is 7.22. The highest BCUT2D eigenvalue weighted by Crippen LogP contribution is 2.33. The first kappa shape index (κ1) is 13.2. The topological polar surface area (TPSA) is 59.4 Å². The van der Waals surface area contributed by atoms with E-state index in [4.69, 9.17) is 9.84 Å². The SMILES string of the molecule is CCOc1ccc2nc(S[C@@H](C)C(=O)O)sc2c1. The third kappa shape index (κ3) is 2.94. The van der Waals surface area contributed by atoms with Gasteiger partial charge in [0, 0.05) is 0 Å². The van der Waals surface area contributed by atoms with E-state index in [2.05, 4.69) is 4.98 Å². The molecular formula is C12H13NO3S2. The molecule has 2 aromatic rings. The van der Waals surface area contributed by atoms with Crippen LogP contribution in [0.5, 0.6) is 5.75 Å². The summed E-state index contributed by atoms with van der Waals surface area (Å²) in [6.07, 6.45) is 0. The van der Waals surface area contributed by atoms with E-state index in [1.807, 2.05) is 25.1 Å². The number of aliphatic carboxylic acids is 1. The number of ether oxygens (including phenoxy) is 1. The second kappa shape index (κ2) is 5.58. The van der Waals surface area contributed by atoms with Gasteiger partial charge in [-0.3, -0.25) is 4.79 Å². The van der Waals surface area contributed by atoms with Crippen LogP contribution in [-0.4, -0.2) is 27.9 Å². The minimum atomic E-state index is -0.825. The summed E-state index contributed by atoms with van der Waals surface area (Å²) >= 11 is 2.76. The van der Waals surface area contributed by atoms with E-state index >= 15 is 0 Å². The van der Waals surface area contributed by atoms with E-state index in [0.29, 0.717) is 6.61 Å². The number of benzene rings is 1. The predicted octanol–water partition coefficient (Wildman–Crippen LogP) is 3.26. The van der Waals surface area contributed by atoms with Crippen molar-refractivity contribution in [2.45, 2.75) is 23.4 Å². The van der Waals surface area contributed by atoms with Gasteiger partial charge in [0.1, 0.15) is 11.0 Å². The van der Waals surface area contributed by atoms with Crippen LogP contribution in [0.1, 0.15) is 13.8 Å². The number of hydrogen-bond acceptors (Lipinski definition) is 5. The van der Waals surface area contributed by atoms with E-state index in [-0.39, 0.29) is 0 Å². The molecular weight excluding hydrogens is 270 g/mol. The molecule has 96 valence electrons. The smallest absolute Gasteiger partial charge is 0.316 e. The van der Waals surface area contributed by atoms with E-state index < -0.39 is 11.2 Å². The van der Waals surface area contributed by atoms with Gasteiger partial charge in [-0.2, -0.15) is 0 Å². The molecule has 0 aliphatic rings. The Morgan fingerprint density at radius 3 is 3.06 bits per heavy atom. The van der Waals surface area contributed by atoms with Crippen LogP contribution in [0.15, 0.2) is 22.5 Å². The van der Waals surface area contributed by atoms with Gasteiger partial charge in [-0.1, -0.05) is 11.8 Å². The van der Waals surface area contributed by atoms with Crippen molar-refractivity contribution in [1.82, 2.24) is 4.98 Å². The molecule has 0 fully saturated rings. The van der Waals surface area contributed by atoms with E-state index in [1.165, 1.54) is 23.1 Å². The number of thiazole rings is 1. The van der Waals surface area contributed by atoms with Gasteiger partial charge in [0.05, 0.1) is 16.8 Å². The van der Waals surface area contributed by atoms with Crippen molar-refractivity contribution >= 4 is 39.3 Å². The van der Waals surface area contributed by atoms with Crippen molar-refractivity contribution in [3.63, 3.8) is 0 Å². The van der Waals surface area contributed by atoms with Crippen LogP contribution < -0.4 is 4.74 Å². The number of rotatable bonds is 5. The number of carboxylic acid groups (broad SMARTS) is 1. The van der Waals surface area contributed by atoms with Gasteiger partial charge in [-0.05, 0) is 32.0 Å². The molecule has 0 unspecified atom stereocenters. The fourth-order valence-corrected chi connectivity index (χ4v) is 3.57. The summed E-state index contributed by atoms with van der Waals surface area (Å²) in [7, 11) is 0. The number of carbonyl (C=O) groups is 1. The third-order valence-corrected chi connectivity index (χ3v) is 4.48. The maximum Gasteiger partial charge on any atom is 0.316 e. The molecule has 0 radical (unpaired) electrons. The maximum absolute atomic E-state index is 10.8. The van der Waals surface area contributed by atoms with Gasteiger partial charge in [0.2, 0.25) is 0 Å². The van der Waals surface area contributed by atoms with Gasteiger partial charge < -0.3 is 9.84 Å². The molecule has 0 aliphatic carbocycles. The van der Waals surface area contributed by atoms with Crippen LogP contribution in [0.2, 0.25) is 0 Å². The van der Waals surface area contributed by atoms with E-state index in [0.717, 1.165) is 20.3 Å². The lowest BCUT2D eigenvalue weighted by atomic mass is 10.3. The van der Waals surface area contributed by atoms with Gasteiger partial charge >= 0.3 is 5.97 Å². The molecule has 0 saturated carbocycles. The molecule has 0 aliphatic heterocycles. The number of thioether (sulfide) groups is 1. The first-order valence-electron chi connectivity index (χ1n) is 5.53. The Labute approximate surface area is 113 Å². The van der Waals surface area contributed by atoms with Crippen LogP contribution in [0.4, 0.5) is 0 Å². The number of hydrogen-bond donors (Lipinski definition) is 1. The highest BCUT2D eigenvalue weighted by atomic mass is 32.2. The van der Waals surface area contributed by atoms with Crippen molar-refractivity contribution in [1.29, 1.82) is 0 Å². The number of fused-ring (bicyclic) bond motifs is 1. The maximum atomic E-state index is 10.8. The van der Waals surface area contributed by atoms with Crippen LogP contribution in [0.25, 0.3) is 10.2 Å². The average molecular weight is 283 g/mol. The average Bonchev–Trinajstić information content (AvgIpc) is 2.70. The van der Waals surface area contributed by atoms with Crippen LogP contribution in [-0.2, 0) is 4.79 Å². The second-order valence-corrected chi connectivity index (χ2v) is 6.26. The Hall–Kier alpha value is -1.27. The molecule has 0 saturated heterocycles. The van der Waals surface area contributed by atoms with Crippen LogP contribution in [0, 0.1) is 0 Å². The summed E-state index contributed by atoms with van der Waals surface area (Å²) in [5.41, 5.74) is 0.878. The zero-order valence-electron chi connectivity index (χ0n) is 10.0. The van der Waals surface area contributed by atoms with Gasteiger partial charge in [-0.25, -0.2) is 4.98 Å². The molecule has 4 nitrogen and oxygen atoms in total. The Morgan fingerprint density at radius 2 is 2.39 bits per heavy atom. The second-order valence-electron chi connectivity index (χ2n) is 3.64. The summed E-state index contributed by atoms with van der Waals surface area (Å²) in [4.78, 5) is 15.2. The Morgan fingerprint density at radius 1 is 1.61 bits per heavy atom. The highest BCUT2D eigenvalue weighted by Gasteiger charge is 2.15. The molecule has 1 aromatic heterocycles. The summed E-state index contributed by atoms with van der Waals surface area (Å²) < 4.78 is 7.21. The van der Waals surface area contributed by atoms with Crippen LogP contribution in [0.3, 0.4) is 0 Å². The normalized spacial score (nSPS) is 12.6. The quantitative estimate of drug-likeness (QED) is 0.853. The zero-order chi connectivity index (χ0) is 13.1. The minimum absolute atomic E-state index is 0.489. The molecule has 1 aromatic carbocycles. The molecule has 1 atom stereocenters. The summed E-state index contributed by atoms with van der Waals surface area (Å²) in [5, 5.41) is 8.38. The number of aromatic nitrogens is 1. The summed E-state index contributed by atoms with van der Waals surface area (Å²) in [6.45, 7) is 4.22. The van der Waals surface area contributed by atoms with Gasteiger partial charge in [0.25, 0.3) is 0 Å². The van der Waals surface area contributed by atoms with E-state index in [1.54, 1.807) is 6.92 Å². The third-order valence-electron chi connectivity index (χ3n) is 2.28. The molecule has 2 rings (SSSR count).